The topological polar surface area (TPSA) is 175 Å². The lowest BCUT2D eigenvalue weighted by atomic mass is 9.98. The number of aliphatic carboxylic acids is 1. The molecular formula is C71H120O12. The summed E-state index contributed by atoms with van der Waals surface area (Å²) in [5.74, 6) is -3.15. The number of rotatable bonds is 57. The van der Waals surface area contributed by atoms with E-state index in [9.17, 15) is 34.5 Å². The summed E-state index contributed by atoms with van der Waals surface area (Å²) in [7, 11) is 0. The zero-order valence-corrected chi connectivity index (χ0v) is 52.7. The van der Waals surface area contributed by atoms with Gasteiger partial charge in [0.05, 0.1) is 6.61 Å². The number of allylic oxidation sites excluding steroid dienone is 14. The van der Waals surface area contributed by atoms with Crippen LogP contribution in [-0.4, -0.2) is 89.2 Å². The molecule has 12 heteroatoms. The molecule has 1 heterocycles. The Morgan fingerprint density at radius 2 is 0.759 bits per heavy atom. The highest BCUT2D eigenvalue weighted by molar-refractivity contribution is 5.74. The smallest absolute Gasteiger partial charge is 0.335 e. The van der Waals surface area contributed by atoms with Crippen molar-refractivity contribution in [2.75, 3.05) is 13.2 Å². The lowest BCUT2D eigenvalue weighted by Gasteiger charge is -2.40. The van der Waals surface area contributed by atoms with Crippen molar-refractivity contribution in [3.8, 4) is 0 Å². The Balaban J connectivity index is 2.66. The molecule has 0 saturated carbocycles. The normalized spacial score (nSPS) is 18.1. The summed E-state index contributed by atoms with van der Waals surface area (Å²) < 4.78 is 28.6. The first-order valence-corrected chi connectivity index (χ1v) is 33.6. The Hall–Kier alpha value is -4.10. The average Bonchev–Trinajstić information content (AvgIpc) is 3.59. The fraction of sp³-hybridized carbons (Fsp3) is 0.746. The Labute approximate surface area is 505 Å². The first-order chi connectivity index (χ1) is 40.6. The number of unbranched alkanes of at least 4 members (excludes halogenated alkanes) is 29. The Bertz CT molecular complexity index is 1760. The summed E-state index contributed by atoms with van der Waals surface area (Å²) >= 11 is 0. The van der Waals surface area contributed by atoms with Gasteiger partial charge in [0.25, 0.3) is 0 Å². The molecule has 0 amide bonds. The highest BCUT2D eigenvalue weighted by atomic mass is 16.7. The van der Waals surface area contributed by atoms with Gasteiger partial charge in [-0.25, -0.2) is 4.79 Å². The third kappa shape index (κ3) is 47.8. The number of carboxylic acids is 1. The molecule has 1 aliphatic heterocycles. The van der Waals surface area contributed by atoms with Gasteiger partial charge in [-0.2, -0.15) is 0 Å². The SMILES string of the molecule is CC/C=C\C/C=C\C/C=C\C/C=C\CCCCCCC(=O)OC(COC(=O)CCCCCCCCCCCCCCCCCCCCC)COC1OC(C(=O)O)C(O)C(O)C1OC(=O)CCCCCCCCC/C=C\C/C=C\C/C=C\CC. The monoisotopic (exact) mass is 1160 g/mol. The summed E-state index contributed by atoms with van der Waals surface area (Å²) in [6, 6.07) is 0. The maximum atomic E-state index is 13.2. The fourth-order valence-corrected chi connectivity index (χ4v) is 9.90. The summed E-state index contributed by atoms with van der Waals surface area (Å²) in [5, 5.41) is 31.6. The molecule has 0 aromatic carbocycles. The van der Waals surface area contributed by atoms with E-state index in [1.807, 2.05) is 0 Å². The van der Waals surface area contributed by atoms with Crippen LogP contribution in [0.1, 0.15) is 290 Å². The highest BCUT2D eigenvalue weighted by Gasteiger charge is 2.50. The quantitative estimate of drug-likeness (QED) is 0.0228. The molecule has 83 heavy (non-hydrogen) atoms. The van der Waals surface area contributed by atoms with Gasteiger partial charge in [-0.1, -0.05) is 266 Å². The number of hydrogen-bond donors (Lipinski definition) is 3. The number of aliphatic hydroxyl groups is 2. The molecule has 3 N–H and O–H groups in total. The van der Waals surface area contributed by atoms with Gasteiger partial charge < -0.3 is 39.0 Å². The van der Waals surface area contributed by atoms with Crippen molar-refractivity contribution < 1.29 is 58.2 Å². The number of hydrogen-bond acceptors (Lipinski definition) is 11. The third-order valence-corrected chi connectivity index (χ3v) is 15.0. The number of aliphatic hydroxyl groups excluding tert-OH is 2. The molecule has 12 nitrogen and oxygen atoms in total. The molecule has 1 fully saturated rings. The van der Waals surface area contributed by atoms with Crippen molar-refractivity contribution in [2.45, 2.75) is 327 Å². The molecular weight excluding hydrogens is 1040 g/mol. The number of carboxylic acid groups (broad SMARTS) is 1. The standard InChI is InChI=1S/C71H120O12/c1-4-7-10-13-16-19-22-25-28-31-32-35-36-39-42-45-48-51-54-57-63(72)79-60-62(81-64(73)58-55-52-49-46-43-40-37-33-29-26-23-20-17-14-11-8-5-2)61-80-71-69(67(76)66(75)68(83-71)70(77)78)82-65(74)59-56-53-50-47-44-41-38-34-30-27-24-21-18-15-12-9-6-3/h8-9,11-12,17-18,20-21,26-27,29-30,37,40,62,66-69,71,75-76H,4-7,10,13-16,19,22-25,28,31-36,38-39,41-61H2,1-3H3,(H,77,78)/b11-8-,12-9-,20-17-,21-18-,29-26-,30-27-,40-37-. The Morgan fingerprint density at radius 1 is 0.410 bits per heavy atom. The molecule has 0 spiro atoms. The molecule has 1 saturated heterocycles. The molecule has 0 aliphatic carbocycles. The van der Waals surface area contributed by atoms with Crippen LogP contribution in [-0.2, 0) is 42.9 Å². The van der Waals surface area contributed by atoms with Crippen LogP contribution in [0.4, 0.5) is 0 Å². The van der Waals surface area contributed by atoms with Gasteiger partial charge in [-0.15, -0.1) is 0 Å². The molecule has 6 atom stereocenters. The molecule has 0 aromatic heterocycles. The van der Waals surface area contributed by atoms with E-state index in [1.54, 1.807) is 0 Å². The van der Waals surface area contributed by atoms with Crippen molar-refractivity contribution in [3.05, 3.63) is 85.1 Å². The number of ether oxygens (including phenoxy) is 5. The van der Waals surface area contributed by atoms with Crippen LogP contribution in [0.15, 0.2) is 85.1 Å². The molecule has 1 aliphatic rings. The van der Waals surface area contributed by atoms with Crippen LogP contribution in [0.25, 0.3) is 0 Å². The molecule has 6 unspecified atom stereocenters. The predicted octanol–water partition coefficient (Wildman–Crippen LogP) is 18.2. The van der Waals surface area contributed by atoms with Crippen LogP contribution in [0.2, 0.25) is 0 Å². The summed E-state index contributed by atoms with van der Waals surface area (Å²) in [6.45, 7) is 5.79. The minimum absolute atomic E-state index is 0.0443. The second-order valence-corrected chi connectivity index (χ2v) is 22.7. The van der Waals surface area contributed by atoms with Crippen LogP contribution in [0, 0.1) is 0 Å². The lowest BCUT2D eigenvalue weighted by Crippen LogP contribution is -2.61. The molecule has 476 valence electrons. The fourth-order valence-electron chi connectivity index (χ4n) is 9.90. The Kier molecular flexibility index (Phi) is 54.0. The van der Waals surface area contributed by atoms with Crippen molar-refractivity contribution >= 4 is 23.9 Å². The van der Waals surface area contributed by atoms with E-state index in [2.05, 4.69) is 106 Å². The van der Waals surface area contributed by atoms with E-state index < -0.39 is 67.3 Å². The van der Waals surface area contributed by atoms with Crippen molar-refractivity contribution in [1.29, 1.82) is 0 Å². The predicted molar refractivity (Wildman–Crippen MR) is 340 cm³/mol. The molecule has 0 radical (unpaired) electrons. The highest BCUT2D eigenvalue weighted by Crippen LogP contribution is 2.27. The number of esters is 3. The van der Waals surface area contributed by atoms with Crippen LogP contribution in [0.5, 0.6) is 0 Å². The summed E-state index contributed by atoms with van der Waals surface area (Å²) in [6.07, 6.45) is 64.0. The summed E-state index contributed by atoms with van der Waals surface area (Å²) in [4.78, 5) is 51.4. The van der Waals surface area contributed by atoms with Crippen molar-refractivity contribution in [2.24, 2.45) is 0 Å². The van der Waals surface area contributed by atoms with E-state index in [0.717, 1.165) is 135 Å². The second-order valence-electron chi connectivity index (χ2n) is 22.7. The van der Waals surface area contributed by atoms with Gasteiger partial charge in [0.15, 0.2) is 24.6 Å². The molecule has 1 rings (SSSR count). The van der Waals surface area contributed by atoms with Gasteiger partial charge in [0.1, 0.15) is 18.8 Å². The largest absolute Gasteiger partial charge is 0.479 e. The molecule has 0 aromatic rings. The number of carbonyl (C=O) groups is 4. The van der Waals surface area contributed by atoms with Gasteiger partial charge >= 0.3 is 23.9 Å². The zero-order chi connectivity index (χ0) is 60.3. The van der Waals surface area contributed by atoms with Gasteiger partial charge in [0.2, 0.25) is 0 Å². The van der Waals surface area contributed by atoms with E-state index in [-0.39, 0.29) is 25.9 Å². The van der Waals surface area contributed by atoms with Gasteiger partial charge in [-0.05, 0) is 89.9 Å². The lowest BCUT2D eigenvalue weighted by molar-refractivity contribution is -0.301. The average molecular weight is 1170 g/mol. The minimum Gasteiger partial charge on any atom is -0.479 e. The minimum atomic E-state index is -1.91. The van der Waals surface area contributed by atoms with E-state index in [1.165, 1.54) is 96.3 Å². The van der Waals surface area contributed by atoms with E-state index in [4.69, 9.17) is 23.7 Å². The Morgan fingerprint density at radius 3 is 1.16 bits per heavy atom. The van der Waals surface area contributed by atoms with Crippen LogP contribution in [0.3, 0.4) is 0 Å². The van der Waals surface area contributed by atoms with Crippen molar-refractivity contribution in [1.82, 2.24) is 0 Å². The van der Waals surface area contributed by atoms with E-state index in [0.29, 0.717) is 19.3 Å². The van der Waals surface area contributed by atoms with E-state index >= 15 is 0 Å². The maximum Gasteiger partial charge on any atom is 0.335 e. The van der Waals surface area contributed by atoms with Gasteiger partial charge in [0, 0.05) is 19.3 Å². The van der Waals surface area contributed by atoms with Crippen LogP contribution >= 0.6 is 0 Å². The van der Waals surface area contributed by atoms with Crippen LogP contribution < -0.4 is 0 Å². The first kappa shape index (κ1) is 76.9. The number of carbonyl (C=O) groups excluding carboxylic acids is 3. The maximum absolute atomic E-state index is 13.2. The summed E-state index contributed by atoms with van der Waals surface area (Å²) in [5.41, 5.74) is 0. The van der Waals surface area contributed by atoms with Crippen molar-refractivity contribution in [3.63, 3.8) is 0 Å². The second kappa shape index (κ2) is 58.3. The molecule has 0 bridgehead atoms. The van der Waals surface area contributed by atoms with Gasteiger partial charge in [-0.3, -0.25) is 14.4 Å². The third-order valence-electron chi connectivity index (χ3n) is 15.0. The zero-order valence-electron chi connectivity index (χ0n) is 52.7. The first-order valence-electron chi connectivity index (χ1n) is 33.6.